The number of amides is 1. The molecule has 0 aromatic heterocycles. The van der Waals surface area contributed by atoms with Crippen molar-refractivity contribution in [3.63, 3.8) is 0 Å². The topological polar surface area (TPSA) is 57.6 Å². The fourth-order valence-electron chi connectivity index (χ4n) is 2.62. The molecule has 1 saturated carbocycles. The highest BCUT2D eigenvalue weighted by molar-refractivity contribution is 9.10. The maximum atomic E-state index is 12.3. The summed E-state index contributed by atoms with van der Waals surface area (Å²) in [4.78, 5) is 24.7. The van der Waals surface area contributed by atoms with E-state index in [1.54, 1.807) is 6.08 Å². The Kier molecular flexibility index (Phi) is 5.56. The van der Waals surface area contributed by atoms with Gasteiger partial charge in [-0.15, -0.1) is 0 Å². The molecule has 0 aliphatic heterocycles. The molecule has 2 rings (SSSR count). The highest BCUT2D eigenvalue weighted by Crippen LogP contribution is 2.23. The number of carbonyl (C=O) groups is 2. The lowest BCUT2D eigenvalue weighted by Gasteiger charge is -2.26. The minimum atomic E-state index is -0.967. The van der Waals surface area contributed by atoms with Gasteiger partial charge in [-0.05, 0) is 36.6 Å². The summed E-state index contributed by atoms with van der Waals surface area (Å²) in [5.74, 6) is -1.20. The van der Waals surface area contributed by atoms with Crippen LogP contribution in [0, 0.1) is 0 Å². The van der Waals surface area contributed by atoms with Crippen molar-refractivity contribution in [1.29, 1.82) is 0 Å². The summed E-state index contributed by atoms with van der Waals surface area (Å²) in [5.41, 5.74) is 0.902. The fourth-order valence-corrected chi connectivity index (χ4v) is 3.04. The zero-order valence-electron chi connectivity index (χ0n) is 11.7. The molecule has 4 nitrogen and oxygen atoms in total. The van der Waals surface area contributed by atoms with Crippen molar-refractivity contribution in [2.24, 2.45) is 0 Å². The van der Waals surface area contributed by atoms with E-state index in [-0.39, 0.29) is 18.5 Å². The van der Waals surface area contributed by atoms with Gasteiger partial charge in [0.15, 0.2) is 0 Å². The van der Waals surface area contributed by atoms with Crippen LogP contribution in [0.15, 0.2) is 34.8 Å². The van der Waals surface area contributed by atoms with Crippen LogP contribution in [-0.2, 0) is 9.59 Å². The SMILES string of the molecule is O=C(O)CN(C(=O)/C=C/c1cccc(Br)c1)C1CCCC1. The minimum absolute atomic E-state index is 0.0563. The smallest absolute Gasteiger partial charge is 0.323 e. The summed E-state index contributed by atoms with van der Waals surface area (Å²) in [6.07, 6.45) is 7.08. The van der Waals surface area contributed by atoms with E-state index in [1.165, 1.54) is 11.0 Å². The van der Waals surface area contributed by atoms with Crippen LogP contribution in [0.25, 0.3) is 6.08 Å². The number of hydrogen-bond acceptors (Lipinski definition) is 2. The van der Waals surface area contributed by atoms with Crippen LogP contribution in [-0.4, -0.2) is 34.5 Å². The average Bonchev–Trinajstić information content (AvgIpc) is 2.96. The molecular formula is C16H18BrNO3. The molecule has 1 aromatic rings. The average molecular weight is 352 g/mol. The number of aliphatic carboxylic acids is 1. The molecule has 21 heavy (non-hydrogen) atoms. The number of carboxylic acids is 1. The second-order valence-electron chi connectivity index (χ2n) is 5.19. The van der Waals surface area contributed by atoms with Crippen LogP contribution in [0.4, 0.5) is 0 Å². The molecule has 1 N–H and O–H groups in total. The van der Waals surface area contributed by atoms with E-state index >= 15 is 0 Å². The van der Waals surface area contributed by atoms with Crippen molar-refractivity contribution >= 4 is 33.9 Å². The lowest BCUT2D eigenvalue weighted by molar-refractivity contribution is -0.144. The van der Waals surface area contributed by atoms with Crippen LogP contribution in [0.2, 0.25) is 0 Å². The van der Waals surface area contributed by atoms with E-state index in [0.29, 0.717) is 0 Å². The maximum Gasteiger partial charge on any atom is 0.323 e. The van der Waals surface area contributed by atoms with E-state index < -0.39 is 5.97 Å². The predicted molar refractivity (Wildman–Crippen MR) is 84.8 cm³/mol. The molecule has 1 aromatic carbocycles. The van der Waals surface area contributed by atoms with E-state index in [1.807, 2.05) is 24.3 Å². The van der Waals surface area contributed by atoms with Gasteiger partial charge in [-0.3, -0.25) is 9.59 Å². The first-order valence-corrected chi connectivity index (χ1v) is 7.81. The molecule has 0 radical (unpaired) electrons. The first-order valence-electron chi connectivity index (χ1n) is 7.02. The number of rotatable bonds is 5. The first-order chi connectivity index (χ1) is 10.1. The first kappa shape index (κ1) is 15.8. The van der Waals surface area contributed by atoms with Crippen LogP contribution >= 0.6 is 15.9 Å². The van der Waals surface area contributed by atoms with Gasteiger partial charge < -0.3 is 10.0 Å². The van der Waals surface area contributed by atoms with Gasteiger partial charge in [0.05, 0.1) is 0 Å². The summed E-state index contributed by atoms with van der Waals surface area (Å²) in [6.45, 7) is -0.230. The Labute approximate surface area is 132 Å². The van der Waals surface area contributed by atoms with Crippen LogP contribution in [0.1, 0.15) is 31.2 Å². The zero-order chi connectivity index (χ0) is 15.2. The zero-order valence-corrected chi connectivity index (χ0v) is 13.3. The Morgan fingerprint density at radius 1 is 1.33 bits per heavy atom. The molecule has 5 heteroatoms. The van der Waals surface area contributed by atoms with Crippen molar-refractivity contribution in [3.05, 3.63) is 40.4 Å². The standard InChI is InChI=1S/C16H18BrNO3/c17-13-5-3-4-12(10-13)8-9-15(19)18(11-16(20)21)14-6-1-2-7-14/h3-5,8-10,14H,1-2,6-7,11H2,(H,20,21)/b9-8+. The van der Waals surface area contributed by atoms with Crippen molar-refractivity contribution in [1.82, 2.24) is 4.90 Å². The molecule has 1 amide bonds. The summed E-state index contributed by atoms with van der Waals surface area (Å²) in [7, 11) is 0. The van der Waals surface area contributed by atoms with Crippen molar-refractivity contribution in [2.75, 3.05) is 6.54 Å². The van der Waals surface area contributed by atoms with Gasteiger partial charge in [0.2, 0.25) is 5.91 Å². The molecule has 0 spiro atoms. The second kappa shape index (κ2) is 7.41. The van der Waals surface area contributed by atoms with Crippen molar-refractivity contribution in [2.45, 2.75) is 31.7 Å². The Bertz CT molecular complexity index is 550. The predicted octanol–water partition coefficient (Wildman–Crippen LogP) is 3.32. The van der Waals surface area contributed by atoms with E-state index in [4.69, 9.17) is 5.11 Å². The van der Waals surface area contributed by atoms with E-state index in [2.05, 4.69) is 15.9 Å². The lowest BCUT2D eigenvalue weighted by Crippen LogP contribution is -2.41. The molecule has 1 fully saturated rings. The van der Waals surface area contributed by atoms with Gasteiger partial charge in [0.1, 0.15) is 6.54 Å². The third-order valence-electron chi connectivity index (χ3n) is 3.62. The molecule has 0 unspecified atom stereocenters. The number of carboxylic acid groups (broad SMARTS) is 1. The van der Waals surface area contributed by atoms with Crippen LogP contribution < -0.4 is 0 Å². The quantitative estimate of drug-likeness (QED) is 0.827. The second-order valence-corrected chi connectivity index (χ2v) is 6.10. The van der Waals surface area contributed by atoms with Gasteiger partial charge in [0.25, 0.3) is 0 Å². The summed E-state index contributed by atoms with van der Waals surface area (Å²) in [6, 6.07) is 7.65. The lowest BCUT2D eigenvalue weighted by atomic mass is 10.2. The largest absolute Gasteiger partial charge is 0.480 e. The van der Waals surface area contributed by atoms with Gasteiger partial charge in [-0.1, -0.05) is 40.9 Å². The Hall–Kier alpha value is -1.62. The van der Waals surface area contributed by atoms with Crippen LogP contribution in [0.5, 0.6) is 0 Å². The highest BCUT2D eigenvalue weighted by Gasteiger charge is 2.26. The fraction of sp³-hybridized carbons (Fsp3) is 0.375. The van der Waals surface area contributed by atoms with Gasteiger partial charge in [-0.25, -0.2) is 0 Å². The van der Waals surface area contributed by atoms with E-state index in [9.17, 15) is 9.59 Å². The molecule has 0 bridgehead atoms. The van der Waals surface area contributed by atoms with E-state index in [0.717, 1.165) is 35.7 Å². The summed E-state index contributed by atoms with van der Waals surface area (Å²) >= 11 is 3.38. The third-order valence-corrected chi connectivity index (χ3v) is 4.11. The Morgan fingerprint density at radius 2 is 2.05 bits per heavy atom. The summed E-state index contributed by atoms with van der Waals surface area (Å²) < 4.78 is 0.940. The molecular weight excluding hydrogens is 334 g/mol. The van der Waals surface area contributed by atoms with Crippen LogP contribution in [0.3, 0.4) is 0 Å². The molecule has 1 aliphatic rings. The van der Waals surface area contributed by atoms with Crippen molar-refractivity contribution in [3.8, 4) is 0 Å². The van der Waals surface area contributed by atoms with Crippen molar-refractivity contribution < 1.29 is 14.7 Å². The summed E-state index contributed by atoms with van der Waals surface area (Å²) in [5, 5.41) is 8.99. The van der Waals surface area contributed by atoms with Gasteiger partial charge >= 0.3 is 5.97 Å². The number of nitrogens with zero attached hydrogens (tertiary/aromatic N) is 1. The monoisotopic (exact) mass is 351 g/mol. The molecule has 0 atom stereocenters. The molecule has 0 saturated heterocycles. The Morgan fingerprint density at radius 3 is 2.67 bits per heavy atom. The number of benzene rings is 1. The minimum Gasteiger partial charge on any atom is -0.480 e. The van der Waals surface area contributed by atoms with Gasteiger partial charge in [0, 0.05) is 16.6 Å². The number of carbonyl (C=O) groups excluding carboxylic acids is 1. The maximum absolute atomic E-state index is 12.3. The normalized spacial score (nSPS) is 15.5. The molecule has 112 valence electrons. The number of hydrogen-bond donors (Lipinski definition) is 1. The molecule has 0 heterocycles. The van der Waals surface area contributed by atoms with Gasteiger partial charge in [-0.2, -0.15) is 0 Å². The Balaban J connectivity index is 2.08. The molecule has 1 aliphatic carbocycles. The highest BCUT2D eigenvalue weighted by atomic mass is 79.9. The number of halogens is 1. The third kappa shape index (κ3) is 4.70.